The third kappa shape index (κ3) is 4.46. The summed E-state index contributed by atoms with van der Waals surface area (Å²) >= 11 is 1.19. The second-order valence-electron chi connectivity index (χ2n) is 4.26. The molecule has 1 unspecified atom stereocenters. The molecule has 7 nitrogen and oxygen atoms in total. The summed E-state index contributed by atoms with van der Waals surface area (Å²) in [6, 6.07) is -0.667. The molecule has 1 heterocycles. The van der Waals surface area contributed by atoms with E-state index in [1.165, 1.54) is 21.6 Å². The van der Waals surface area contributed by atoms with Crippen LogP contribution in [0.3, 0.4) is 0 Å². The quantitative estimate of drug-likeness (QED) is 0.704. The normalized spacial score (nSPS) is 11.9. The van der Waals surface area contributed by atoms with Crippen LogP contribution in [0, 0.1) is 0 Å². The van der Waals surface area contributed by atoms with Gasteiger partial charge in [0.05, 0.1) is 12.6 Å². The second kappa shape index (κ2) is 7.81. The first kappa shape index (κ1) is 16.4. The van der Waals surface area contributed by atoms with Crippen molar-refractivity contribution in [3.63, 3.8) is 0 Å². The van der Waals surface area contributed by atoms with Crippen molar-refractivity contribution in [2.24, 2.45) is 0 Å². The number of nitrogens with zero attached hydrogens (tertiary/aromatic N) is 2. The van der Waals surface area contributed by atoms with Crippen LogP contribution in [0.15, 0.2) is 5.38 Å². The van der Waals surface area contributed by atoms with E-state index in [9.17, 15) is 9.59 Å². The minimum Gasteiger partial charge on any atom is -0.476 e. The Labute approximate surface area is 121 Å². The number of carbonyl (C=O) groups excluding carboxylic acids is 1. The molecule has 0 saturated heterocycles. The lowest BCUT2D eigenvalue weighted by Crippen LogP contribution is -2.42. The van der Waals surface area contributed by atoms with Gasteiger partial charge in [-0.25, -0.2) is 14.6 Å². The monoisotopic (exact) mass is 301 g/mol. The van der Waals surface area contributed by atoms with Gasteiger partial charge in [0.2, 0.25) is 0 Å². The molecule has 1 aromatic heterocycles. The zero-order valence-corrected chi connectivity index (χ0v) is 12.3. The SMILES string of the molecule is CCCN(CCO)C(=O)NC(C)c1nc(C(=O)O)cs1. The van der Waals surface area contributed by atoms with E-state index in [4.69, 9.17) is 10.2 Å². The molecule has 2 amide bonds. The summed E-state index contributed by atoms with van der Waals surface area (Å²) in [5, 5.41) is 22.5. The number of thiazole rings is 1. The molecule has 0 aliphatic carbocycles. The van der Waals surface area contributed by atoms with Gasteiger partial charge in [0.25, 0.3) is 0 Å². The maximum atomic E-state index is 12.0. The van der Waals surface area contributed by atoms with Crippen molar-refractivity contribution in [2.45, 2.75) is 26.3 Å². The molecule has 1 aromatic rings. The molecule has 0 saturated carbocycles. The van der Waals surface area contributed by atoms with E-state index in [1.54, 1.807) is 6.92 Å². The van der Waals surface area contributed by atoms with Crippen LogP contribution in [0.2, 0.25) is 0 Å². The summed E-state index contributed by atoms with van der Waals surface area (Å²) in [5.74, 6) is -1.08. The molecule has 8 heteroatoms. The number of carboxylic acid groups (broad SMARTS) is 1. The van der Waals surface area contributed by atoms with Gasteiger partial charge < -0.3 is 20.4 Å². The van der Waals surface area contributed by atoms with Gasteiger partial charge in [0, 0.05) is 18.5 Å². The third-order valence-electron chi connectivity index (χ3n) is 2.60. The number of carboxylic acids is 1. The van der Waals surface area contributed by atoms with Gasteiger partial charge >= 0.3 is 12.0 Å². The number of aliphatic hydroxyl groups excluding tert-OH is 1. The van der Waals surface area contributed by atoms with Crippen molar-refractivity contribution in [1.82, 2.24) is 15.2 Å². The van der Waals surface area contributed by atoms with Crippen molar-refractivity contribution in [3.8, 4) is 0 Å². The number of aromatic carboxylic acids is 1. The van der Waals surface area contributed by atoms with E-state index in [0.29, 0.717) is 11.6 Å². The van der Waals surface area contributed by atoms with Crippen molar-refractivity contribution >= 4 is 23.3 Å². The maximum Gasteiger partial charge on any atom is 0.355 e. The minimum atomic E-state index is -1.08. The van der Waals surface area contributed by atoms with Crippen LogP contribution >= 0.6 is 11.3 Å². The molecule has 1 atom stereocenters. The number of carbonyl (C=O) groups is 2. The summed E-state index contributed by atoms with van der Waals surface area (Å²) in [4.78, 5) is 28.2. The zero-order chi connectivity index (χ0) is 15.1. The van der Waals surface area contributed by atoms with Crippen LogP contribution in [0.5, 0.6) is 0 Å². The molecule has 0 spiro atoms. The van der Waals surface area contributed by atoms with E-state index >= 15 is 0 Å². The summed E-state index contributed by atoms with van der Waals surface area (Å²) in [5.41, 5.74) is -0.0214. The fraction of sp³-hybridized carbons (Fsp3) is 0.583. The van der Waals surface area contributed by atoms with Crippen molar-refractivity contribution < 1.29 is 19.8 Å². The molecule has 0 fully saturated rings. The number of rotatable bonds is 7. The smallest absolute Gasteiger partial charge is 0.355 e. The number of nitrogens with one attached hydrogen (secondary N) is 1. The van der Waals surface area contributed by atoms with Crippen molar-refractivity contribution in [1.29, 1.82) is 0 Å². The average Bonchev–Trinajstić information content (AvgIpc) is 2.88. The van der Waals surface area contributed by atoms with E-state index in [1.807, 2.05) is 6.92 Å². The van der Waals surface area contributed by atoms with E-state index < -0.39 is 5.97 Å². The van der Waals surface area contributed by atoms with Crippen molar-refractivity contribution in [2.75, 3.05) is 19.7 Å². The second-order valence-corrected chi connectivity index (χ2v) is 5.15. The van der Waals surface area contributed by atoms with Gasteiger partial charge in [0.1, 0.15) is 5.01 Å². The van der Waals surface area contributed by atoms with Crippen LogP contribution in [0.4, 0.5) is 4.79 Å². The molecule has 1 rings (SSSR count). The van der Waals surface area contributed by atoms with Crippen LogP contribution in [0.25, 0.3) is 0 Å². The first-order chi connectivity index (χ1) is 9.49. The summed E-state index contributed by atoms with van der Waals surface area (Å²) < 4.78 is 0. The Morgan fingerprint density at radius 3 is 2.70 bits per heavy atom. The number of aromatic nitrogens is 1. The lowest BCUT2D eigenvalue weighted by molar-refractivity contribution is 0.0691. The molecule has 0 aromatic carbocycles. The number of amides is 2. The van der Waals surface area contributed by atoms with Crippen LogP contribution in [-0.2, 0) is 0 Å². The number of aliphatic hydroxyl groups is 1. The third-order valence-corrected chi connectivity index (χ3v) is 3.63. The van der Waals surface area contributed by atoms with E-state index in [2.05, 4.69) is 10.3 Å². The number of hydrogen-bond donors (Lipinski definition) is 3. The highest BCUT2D eigenvalue weighted by Crippen LogP contribution is 2.18. The lowest BCUT2D eigenvalue weighted by Gasteiger charge is -2.23. The highest BCUT2D eigenvalue weighted by atomic mass is 32.1. The van der Waals surface area contributed by atoms with Gasteiger partial charge in [-0.15, -0.1) is 11.3 Å². The summed E-state index contributed by atoms with van der Waals surface area (Å²) in [6.07, 6.45) is 0.794. The van der Waals surface area contributed by atoms with Gasteiger partial charge in [-0.05, 0) is 13.3 Å². The van der Waals surface area contributed by atoms with Crippen LogP contribution in [0.1, 0.15) is 41.8 Å². The Hall–Kier alpha value is -1.67. The standard InChI is InChI=1S/C12H19N3O4S/c1-3-4-15(5-6-16)12(19)13-8(2)10-14-9(7-20-10)11(17)18/h7-8,16H,3-6H2,1-2H3,(H,13,19)(H,17,18). The molecule has 0 bridgehead atoms. The molecule has 0 aliphatic heterocycles. The van der Waals surface area contributed by atoms with E-state index in [-0.39, 0.29) is 30.9 Å². The van der Waals surface area contributed by atoms with Crippen LogP contribution in [-0.4, -0.2) is 51.8 Å². The molecule has 20 heavy (non-hydrogen) atoms. The fourth-order valence-corrected chi connectivity index (χ4v) is 2.43. The Balaban J connectivity index is 2.65. The Kier molecular flexibility index (Phi) is 6.40. The van der Waals surface area contributed by atoms with Gasteiger partial charge in [0.15, 0.2) is 5.69 Å². The minimum absolute atomic E-state index is 0.0214. The van der Waals surface area contributed by atoms with Gasteiger partial charge in [-0.1, -0.05) is 6.92 Å². The Bertz CT molecular complexity index is 457. The Morgan fingerprint density at radius 2 is 2.20 bits per heavy atom. The zero-order valence-electron chi connectivity index (χ0n) is 11.5. The fourth-order valence-electron chi connectivity index (χ4n) is 1.63. The van der Waals surface area contributed by atoms with Gasteiger partial charge in [-0.2, -0.15) is 0 Å². The molecule has 0 radical (unpaired) electrons. The van der Waals surface area contributed by atoms with Crippen molar-refractivity contribution in [3.05, 3.63) is 16.1 Å². The Morgan fingerprint density at radius 1 is 1.50 bits per heavy atom. The first-order valence-electron chi connectivity index (χ1n) is 6.34. The van der Waals surface area contributed by atoms with Gasteiger partial charge in [-0.3, -0.25) is 0 Å². The highest BCUT2D eigenvalue weighted by Gasteiger charge is 2.18. The molecule has 112 valence electrons. The summed E-state index contributed by atoms with van der Waals surface area (Å²) in [6.45, 7) is 4.41. The number of hydrogen-bond acceptors (Lipinski definition) is 5. The van der Waals surface area contributed by atoms with E-state index in [0.717, 1.165) is 6.42 Å². The predicted octanol–water partition coefficient (Wildman–Crippen LogP) is 1.32. The molecular weight excluding hydrogens is 282 g/mol. The predicted molar refractivity (Wildman–Crippen MR) is 75.0 cm³/mol. The van der Waals surface area contributed by atoms with Crippen LogP contribution < -0.4 is 5.32 Å². The summed E-state index contributed by atoms with van der Waals surface area (Å²) in [7, 11) is 0. The maximum absolute atomic E-state index is 12.0. The number of urea groups is 1. The first-order valence-corrected chi connectivity index (χ1v) is 7.22. The molecule has 3 N–H and O–H groups in total. The lowest BCUT2D eigenvalue weighted by atomic mass is 10.3. The topological polar surface area (TPSA) is 103 Å². The average molecular weight is 301 g/mol. The highest BCUT2D eigenvalue weighted by molar-refractivity contribution is 7.09. The molecular formula is C12H19N3O4S. The largest absolute Gasteiger partial charge is 0.476 e. The molecule has 0 aliphatic rings.